The Morgan fingerprint density at radius 2 is 1.79 bits per heavy atom. The SMILES string of the molecule is Cc1cc(N2CCCC2)ccc1NC(=O)c1cc(S(=O)(=O)N(C)C)ccc1Cl. The highest BCUT2D eigenvalue weighted by Crippen LogP contribution is 2.27. The Morgan fingerprint density at radius 3 is 2.39 bits per heavy atom. The Bertz CT molecular complexity index is 1000. The quantitative estimate of drug-likeness (QED) is 0.798. The van der Waals surface area contributed by atoms with Gasteiger partial charge in [-0.15, -0.1) is 0 Å². The molecule has 2 aromatic rings. The van der Waals surface area contributed by atoms with Gasteiger partial charge < -0.3 is 10.2 Å². The third-order valence-electron chi connectivity index (χ3n) is 4.89. The molecule has 0 radical (unpaired) electrons. The molecule has 0 spiro atoms. The number of nitrogens with zero attached hydrogens (tertiary/aromatic N) is 2. The van der Waals surface area contributed by atoms with Gasteiger partial charge in [-0.3, -0.25) is 4.79 Å². The van der Waals surface area contributed by atoms with Gasteiger partial charge in [0.1, 0.15) is 0 Å². The van der Waals surface area contributed by atoms with Gasteiger partial charge in [-0.2, -0.15) is 0 Å². The first-order valence-electron chi connectivity index (χ1n) is 9.09. The Balaban J connectivity index is 1.85. The van der Waals surface area contributed by atoms with Crippen molar-refractivity contribution in [3.05, 3.63) is 52.5 Å². The molecule has 1 heterocycles. The van der Waals surface area contributed by atoms with Crippen LogP contribution in [0.2, 0.25) is 5.02 Å². The van der Waals surface area contributed by atoms with E-state index in [2.05, 4.69) is 16.3 Å². The molecule has 1 saturated heterocycles. The van der Waals surface area contributed by atoms with E-state index in [-0.39, 0.29) is 15.5 Å². The maximum absolute atomic E-state index is 12.8. The third-order valence-corrected chi connectivity index (χ3v) is 7.03. The smallest absolute Gasteiger partial charge is 0.257 e. The fraction of sp³-hybridized carbons (Fsp3) is 0.350. The lowest BCUT2D eigenvalue weighted by Gasteiger charge is -2.19. The molecule has 3 rings (SSSR count). The monoisotopic (exact) mass is 421 g/mol. The molecule has 2 aromatic carbocycles. The summed E-state index contributed by atoms with van der Waals surface area (Å²) in [4.78, 5) is 15.1. The van der Waals surface area contributed by atoms with E-state index in [1.165, 1.54) is 45.1 Å². The van der Waals surface area contributed by atoms with Crippen LogP contribution < -0.4 is 10.2 Å². The second-order valence-corrected chi connectivity index (χ2v) is 9.64. The lowest BCUT2D eigenvalue weighted by molar-refractivity contribution is 0.102. The van der Waals surface area contributed by atoms with E-state index >= 15 is 0 Å². The van der Waals surface area contributed by atoms with Gasteiger partial charge in [0, 0.05) is 38.6 Å². The highest BCUT2D eigenvalue weighted by atomic mass is 35.5. The van der Waals surface area contributed by atoms with Crippen molar-refractivity contribution in [2.45, 2.75) is 24.7 Å². The third kappa shape index (κ3) is 4.16. The number of sulfonamides is 1. The van der Waals surface area contributed by atoms with E-state index in [1.54, 1.807) is 0 Å². The Labute approximate surface area is 171 Å². The molecule has 1 aliphatic heterocycles. The highest BCUT2D eigenvalue weighted by Gasteiger charge is 2.21. The van der Waals surface area contributed by atoms with Crippen LogP contribution >= 0.6 is 11.6 Å². The van der Waals surface area contributed by atoms with Crippen LogP contribution in [0.15, 0.2) is 41.3 Å². The average Bonchev–Trinajstić information content (AvgIpc) is 3.18. The van der Waals surface area contributed by atoms with Crippen LogP contribution in [0.3, 0.4) is 0 Å². The fourth-order valence-corrected chi connectivity index (χ4v) is 4.33. The largest absolute Gasteiger partial charge is 0.372 e. The molecule has 0 atom stereocenters. The zero-order valence-electron chi connectivity index (χ0n) is 16.2. The van der Waals surface area contributed by atoms with Crippen molar-refractivity contribution in [2.24, 2.45) is 0 Å². The molecule has 1 fully saturated rings. The van der Waals surface area contributed by atoms with E-state index in [4.69, 9.17) is 11.6 Å². The first kappa shape index (κ1) is 20.6. The highest BCUT2D eigenvalue weighted by molar-refractivity contribution is 7.89. The van der Waals surface area contributed by atoms with Crippen molar-refractivity contribution in [1.82, 2.24) is 4.31 Å². The second kappa shape index (κ2) is 8.11. The van der Waals surface area contributed by atoms with E-state index in [1.807, 2.05) is 19.1 Å². The van der Waals surface area contributed by atoms with Gasteiger partial charge in [-0.25, -0.2) is 12.7 Å². The number of halogens is 1. The Hall–Kier alpha value is -2.09. The molecule has 28 heavy (non-hydrogen) atoms. The predicted octanol–water partition coefficient (Wildman–Crippen LogP) is 3.75. The van der Waals surface area contributed by atoms with Gasteiger partial charge in [-0.1, -0.05) is 11.6 Å². The summed E-state index contributed by atoms with van der Waals surface area (Å²) in [7, 11) is -0.778. The minimum Gasteiger partial charge on any atom is -0.372 e. The van der Waals surface area contributed by atoms with E-state index in [0.717, 1.165) is 28.6 Å². The van der Waals surface area contributed by atoms with Crippen LogP contribution in [0.5, 0.6) is 0 Å². The minimum absolute atomic E-state index is 0.0214. The molecule has 1 N–H and O–H groups in total. The first-order chi connectivity index (χ1) is 13.2. The van der Waals surface area contributed by atoms with Gasteiger partial charge in [0.25, 0.3) is 5.91 Å². The predicted molar refractivity (Wildman–Crippen MR) is 113 cm³/mol. The zero-order chi connectivity index (χ0) is 20.5. The van der Waals surface area contributed by atoms with Crippen LogP contribution in [0, 0.1) is 6.92 Å². The summed E-state index contributed by atoms with van der Waals surface area (Å²) in [5, 5.41) is 3.04. The van der Waals surface area contributed by atoms with Crippen LogP contribution in [0.25, 0.3) is 0 Å². The second-order valence-electron chi connectivity index (χ2n) is 7.08. The van der Waals surface area contributed by atoms with Crippen molar-refractivity contribution in [2.75, 3.05) is 37.4 Å². The molecule has 1 amide bonds. The number of hydrogen-bond donors (Lipinski definition) is 1. The number of rotatable bonds is 5. The van der Waals surface area contributed by atoms with Crippen molar-refractivity contribution < 1.29 is 13.2 Å². The summed E-state index contributed by atoms with van der Waals surface area (Å²) in [6.07, 6.45) is 2.39. The fourth-order valence-electron chi connectivity index (χ4n) is 3.20. The van der Waals surface area contributed by atoms with Crippen molar-refractivity contribution in [1.29, 1.82) is 0 Å². The molecule has 150 valence electrons. The molecule has 0 aliphatic carbocycles. The zero-order valence-corrected chi connectivity index (χ0v) is 17.8. The molecular formula is C20H24ClN3O3S. The molecule has 0 unspecified atom stereocenters. The van der Waals surface area contributed by atoms with E-state index in [0.29, 0.717) is 5.69 Å². The summed E-state index contributed by atoms with van der Waals surface area (Å²) in [6, 6.07) is 10.0. The van der Waals surface area contributed by atoms with Crippen LogP contribution in [0.4, 0.5) is 11.4 Å². The Kier molecular flexibility index (Phi) is 5.98. The maximum Gasteiger partial charge on any atom is 0.257 e. The molecule has 1 aliphatic rings. The summed E-state index contributed by atoms with van der Waals surface area (Å²) in [5.74, 6) is -0.446. The number of hydrogen-bond acceptors (Lipinski definition) is 4. The number of carbonyl (C=O) groups excluding carboxylic acids is 1. The van der Waals surface area contributed by atoms with Gasteiger partial charge in [0.05, 0.1) is 15.5 Å². The molecule has 0 aromatic heterocycles. The molecule has 0 saturated carbocycles. The lowest BCUT2D eigenvalue weighted by atomic mass is 10.1. The van der Waals surface area contributed by atoms with Crippen LogP contribution in [-0.2, 0) is 10.0 Å². The van der Waals surface area contributed by atoms with E-state index < -0.39 is 15.9 Å². The summed E-state index contributed by atoms with van der Waals surface area (Å²) in [6.45, 7) is 4.03. The maximum atomic E-state index is 12.8. The topological polar surface area (TPSA) is 69.7 Å². The first-order valence-corrected chi connectivity index (χ1v) is 10.9. The summed E-state index contributed by atoms with van der Waals surface area (Å²) >= 11 is 6.16. The van der Waals surface area contributed by atoms with Gasteiger partial charge in [-0.05, 0) is 61.7 Å². The van der Waals surface area contributed by atoms with Crippen molar-refractivity contribution in [3.8, 4) is 0 Å². The molecular weight excluding hydrogens is 398 g/mol. The average molecular weight is 422 g/mol. The number of anilines is 2. The number of aryl methyl sites for hydroxylation is 1. The van der Waals surface area contributed by atoms with Crippen LogP contribution in [0.1, 0.15) is 28.8 Å². The summed E-state index contributed by atoms with van der Waals surface area (Å²) < 4.78 is 25.8. The standard InChI is InChI=1S/C20H24ClN3O3S/c1-14-12-15(24-10-4-5-11-24)6-9-19(14)22-20(25)17-13-16(7-8-18(17)21)28(26,27)23(2)3/h6-9,12-13H,4-5,10-11H2,1-3H3,(H,22,25). The van der Waals surface area contributed by atoms with E-state index in [9.17, 15) is 13.2 Å². The number of carbonyl (C=O) groups is 1. The van der Waals surface area contributed by atoms with Crippen LogP contribution in [-0.4, -0.2) is 45.8 Å². The minimum atomic E-state index is -3.66. The van der Waals surface area contributed by atoms with Crippen molar-refractivity contribution in [3.63, 3.8) is 0 Å². The van der Waals surface area contributed by atoms with Gasteiger partial charge in [0.2, 0.25) is 10.0 Å². The van der Waals surface area contributed by atoms with Gasteiger partial charge >= 0.3 is 0 Å². The Morgan fingerprint density at radius 1 is 1.11 bits per heavy atom. The normalized spacial score (nSPS) is 14.5. The molecule has 8 heteroatoms. The molecule has 0 bridgehead atoms. The lowest BCUT2D eigenvalue weighted by Crippen LogP contribution is -2.23. The summed E-state index contributed by atoms with van der Waals surface area (Å²) in [5.41, 5.74) is 2.87. The van der Waals surface area contributed by atoms with Gasteiger partial charge in [0.15, 0.2) is 0 Å². The number of amides is 1. The van der Waals surface area contributed by atoms with Crippen molar-refractivity contribution >= 4 is 38.9 Å². The number of nitrogens with one attached hydrogen (secondary N) is 1. The number of benzene rings is 2. The molecule has 6 nitrogen and oxygen atoms in total.